The molecule has 1 atom stereocenters. The van der Waals surface area contributed by atoms with Crippen LogP contribution in [0.4, 0.5) is 15.8 Å². The number of amides is 2. The molecule has 2 fully saturated rings. The molecule has 0 radical (unpaired) electrons. The zero-order valence-corrected chi connectivity index (χ0v) is 14.7. The quantitative estimate of drug-likeness (QED) is 0.666. The molecule has 0 unspecified atom stereocenters. The molecule has 0 bridgehead atoms. The fourth-order valence-electron chi connectivity index (χ4n) is 3.07. The van der Waals surface area contributed by atoms with Gasteiger partial charge in [-0.15, -0.1) is 0 Å². The number of nitrogens with two attached hydrogens (primary N) is 1. The van der Waals surface area contributed by atoms with Crippen molar-refractivity contribution in [2.75, 3.05) is 43.1 Å². The summed E-state index contributed by atoms with van der Waals surface area (Å²) >= 11 is 0. The molecule has 1 aliphatic heterocycles. The Bertz CT molecular complexity index is 666. The fraction of sp³-hybridized carbons (Fsp3) is 0.556. The second-order valence-electron chi connectivity index (χ2n) is 6.74. The highest BCUT2D eigenvalue weighted by Crippen LogP contribution is 2.25. The van der Waals surface area contributed by atoms with E-state index in [1.165, 1.54) is 36.3 Å². The van der Waals surface area contributed by atoms with E-state index in [4.69, 9.17) is 10.5 Å². The van der Waals surface area contributed by atoms with E-state index in [9.17, 15) is 14.0 Å². The molecule has 7 nitrogen and oxygen atoms in total. The molecule has 142 valence electrons. The standard InChI is InChI=1S/C18H25FN4O3/c19-14-8-13(23-6-7-26-11-17(23)24)4-5-15(14)22-18(25)16(9-20)21-10-12-2-1-3-12/h4-5,8,12,16,21H,1-3,6-7,9-11,20H2,(H,22,25)/t16-/m1/s1. The predicted octanol–water partition coefficient (Wildman–Crippen LogP) is 0.844. The summed E-state index contributed by atoms with van der Waals surface area (Å²) in [7, 11) is 0. The van der Waals surface area contributed by atoms with Crippen LogP contribution in [0.15, 0.2) is 18.2 Å². The number of carbonyl (C=O) groups excluding carboxylic acids is 2. The van der Waals surface area contributed by atoms with E-state index in [-0.39, 0.29) is 30.7 Å². The van der Waals surface area contributed by atoms with Gasteiger partial charge in [-0.1, -0.05) is 6.42 Å². The van der Waals surface area contributed by atoms with Crippen molar-refractivity contribution in [3.63, 3.8) is 0 Å². The SMILES string of the molecule is NC[C@@H](NCC1CCC1)C(=O)Nc1ccc(N2CCOCC2=O)cc1F. The van der Waals surface area contributed by atoms with Gasteiger partial charge >= 0.3 is 0 Å². The van der Waals surface area contributed by atoms with E-state index in [0.29, 0.717) is 24.8 Å². The van der Waals surface area contributed by atoms with Crippen LogP contribution in [0.5, 0.6) is 0 Å². The summed E-state index contributed by atoms with van der Waals surface area (Å²) in [4.78, 5) is 25.7. The molecule has 0 spiro atoms. The number of nitrogens with zero attached hydrogens (tertiary/aromatic N) is 1. The maximum Gasteiger partial charge on any atom is 0.253 e. The molecule has 1 aromatic carbocycles. The van der Waals surface area contributed by atoms with Crippen LogP contribution in [0.1, 0.15) is 19.3 Å². The first kappa shape index (κ1) is 18.8. The first-order valence-corrected chi connectivity index (χ1v) is 9.00. The van der Waals surface area contributed by atoms with Gasteiger partial charge in [-0.3, -0.25) is 9.59 Å². The number of carbonyl (C=O) groups is 2. The Labute approximate surface area is 152 Å². The van der Waals surface area contributed by atoms with Crippen LogP contribution in [-0.4, -0.2) is 50.7 Å². The van der Waals surface area contributed by atoms with Gasteiger partial charge in [-0.05, 0) is 43.5 Å². The van der Waals surface area contributed by atoms with E-state index < -0.39 is 11.9 Å². The largest absolute Gasteiger partial charge is 0.370 e. The van der Waals surface area contributed by atoms with Gasteiger partial charge < -0.3 is 26.0 Å². The number of ether oxygens (including phenoxy) is 1. The average molecular weight is 364 g/mol. The lowest BCUT2D eigenvalue weighted by atomic mass is 9.85. The van der Waals surface area contributed by atoms with E-state index >= 15 is 0 Å². The normalized spacial score (nSPS) is 19.2. The molecular weight excluding hydrogens is 339 g/mol. The van der Waals surface area contributed by atoms with Gasteiger partial charge in [-0.25, -0.2) is 4.39 Å². The zero-order chi connectivity index (χ0) is 18.5. The Hall–Kier alpha value is -2.03. The van der Waals surface area contributed by atoms with Crippen LogP contribution in [0.2, 0.25) is 0 Å². The number of benzene rings is 1. The minimum atomic E-state index is -0.593. The smallest absolute Gasteiger partial charge is 0.253 e. The predicted molar refractivity (Wildman–Crippen MR) is 96.4 cm³/mol. The number of hydrogen-bond donors (Lipinski definition) is 3. The highest BCUT2D eigenvalue weighted by atomic mass is 19.1. The second-order valence-corrected chi connectivity index (χ2v) is 6.74. The molecule has 8 heteroatoms. The van der Waals surface area contributed by atoms with Gasteiger partial charge in [0.15, 0.2) is 0 Å². The highest BCUT2D eigenvalue weighted by Gasteiger charge is 2.24. The van der Waals surface area contributed by atoms with E-state index in [2.05, 4.69) is 10.6 Å². The van der Waals surface area contributed by atoms with Crippen LogP contribution >= 0.6 is 0 Å². The minimum Gasteiger partial charge on any atom is -0.370 e. The number of anilines is 2. The molecule has 2 aliphatic rings. The molecule has 3 rings (SSSR count). The summed E-state index contributed by atoms with van der Waals surface area (Å²) in [6.07, 6.45) is 3.57. The third kappa shape index (κ3) is 4.38. The van der Waals surface area contributed by atoms with Crippen LogP contribution in [-0.2, 0) is 14.3 Å². The van der Waals surface area contributed by atoms with Crippen molar-refractivity contribution in [3.05, 3.63) is 24.0 Å². The maximum atomic E-state index is 14.4. The lowest BCUT2D eigenvalue weighted by Gasteiger charge is -2.28. The Balaban J connectivity index is 1.61. The Morgan fingerprint density at radius 2 is 2.23 bits per heavy atom. The summed E-state index contributed by atoms with van der Waals surface area (Å²) < 4.78 is 19.5. The number of nitrogens with one attached hydrogen (secondary N) is 2. The fourth-order valence-corrected chi connectivity index (χ4v) is 3.07. The molecule has 1 saturated carbocycles. The highest BCUT2D eigenvalue weighted by molar-refractivity contribution is 5.97. The topological polar surface area (TPSA) is 96.7 Å². The minimum absolute atomic E-state index is 0.00898. The molecule has 0 aromatic heterocycles. The van der Waals surface area contributed by atoms with Crippen molar-refractivity contribution < 1.29 is 18.7 Å². The Morgan fingerprint density at radius 1 is 1.42 bits per heavy atom. The molecule has 4 N–H and O–H groups in total. The number of hydrogen-bond acceptors (Lipinski definition) is 5. The van der Waals surface area contributed by atoms with E-state index in [1.54, 1.807) is 6.07 Å². The Morgan fingerprint density at radius 3 is 2.85 bits per heavy atom. The first-order valence-electron chi connectivity index (χ1n) is 9.00. The van der Waals surface area contributed by atoms with E-state index in [0.717, 1.165) is 6.54 Å². The van der Waals surface area contributed by atoms with Crippen molar-refractivity contribution in [2.45, 2.75) is 25.3 Å². The molecule has 1 saturated heterocycles. The summed E-state index contributed by atoms with van der Waals surface area (Å²) in [5.74, 6) is -0.569. The summed E-state index contributed by atoms with van der Waals surface area (Å²) in [6.45, 7) is 1.67. The van der Waals surface area contributed by atoms with Gasteiger partial charge in [-0.2, -0.15) is 0 Å². The number of halogens is 1. The van der Waals surface area contributed by atoms with Gasteiger partial charge in [0.05, 0.1) is 18.3 Å². The number of morpholine rings is 1. The van der Waals surface area contributed by atoms with Crippen molar-refractivity contribution in [1.82, 2.24) is 5.32 Å². The van der Waals surface area contributed by atoms with E-state index in [1.807, 2.05) is 0 Å². The van der Waals surface area contributed by atoms with Gasteiger partial charge in [0.1, 0.15) is 12.4 Å². The average Bonchev–Trinajstić information content (AvgIpc) is 2.59. The maximum absolute atomic E-state index is 14.4. The van der Waals surface area contributed by atoms with Crippen LogP contribution < -0.4 is 21.3 Å². The number of rotatable bonds is 7. The zero-order valence-electron chi connectivity index (χ0n) is 14.7. The lowest BCUT2D eigenvalue weighted by Crippen LogP contribution is -2.48. The van der Waals surface area contributed by atoms with Gasteiger partial charge in [0.25, 0.3) is 5.91 Å². The molecule has 1 aliphatic carbocycles. The Kier molecular flexibility index (Phi) is 6.18. The van der Waals surface area contributed by atoms with Gasteiger partial charge in [0.2, 0.25) is 5.91 Å². The van der Waals surface area contributed by atoms with Crippen LogP contribution in [0.3, 0.4) is 0 Å². The van der Waals surface area contributed by atoms with Crippen molar-refractivity contribution >= 4 is 23.2 Å². The second kappa shape index (κ2) is 8.57. The van der Waals surface area contributed by atoms with Crippen molar-refractivity contribution in [2.24, 2.45) is 11.7 Å². The van der Waals surface area contributed by atoms with Crippen molar-refractivity contribution in [3.8, 4) is 0 Å². The third-order valence-electron chi connectivity index (χ3n) is 4.94. The lowest BCUT2D eigenvalue weighted by molar-refractivity contribution is -0.125. The molecular formula is C18H25FN4O3. The summed E-state index contributed by atoms with van der Waals surface area (Å²) in [5.41, 5.74) is 6.20. The third-order valence-corrected chi connectivity index (χ3v) is 4.94. The molecule has 26 heavy (non-hydrogen) atoms. The molecule has 1 aromatic rings. The molecule has 1 heterocycles. The van der Waals surface area contributed by atoms with Crippen LogP contribution in [0, 0.1) is 11.7 Å². The molecule has 2 amide bonds. The summed E-state index contributed by atoms with van der Waals surface area (Å²) in [6, 6.07) is 3.76. The summed E-state index contributed by atoms with van der Waals surface area (Å²) in [5, 5.41) is 5.73. The van der Waals surface area contributed by atoms with Gasteiger partial charge in [0, 0.05) is 18.8 Å². The first-order chi connectivity index (χ1) is 12.6. The van der Waals surface area contributed by atoms with Crippen molar-refractivity contribution in [1.29, 1.82) is 0 Å². The van der Waals surface area contributed by atoms with Crippen LogP contribution in [0.25, 0.3) is 0 Å². The monoisotopic (exact) mass is 364 g/mol.